The lowest BCUT2D eigenvalue weighted by Crippen LogP contribution is -2.22. The zero-order valence-corrected chi connectivity index (χ0v) is 9.90. The zero-order chi connectivity index (χ0) is 11.5. The van der Waals surface area contributed by atoms with E-state index in [4.69, 9.17) is 15.2 Å². The highest BCUT2D eigenvalue weighted by Crippen LogP contribution is 2.33. The first-order chi connectivity index (χ1) is 7.70. The molecule has 0 fully saturated rings. The van der Waals surface area contributed by atoms with E-state index in [-0.39, 0.29) is 0 Å². The molecule has 1 heterocycles. The largest absolute Gasteiger partial charge is 0.454 e. The van der Waals surface area contributed by atoms with E-state index in [0.717, 1.165) is 24.5 Å². The highest BCUT2D eigenvalue weighted by molar-refractivity contribution is 5.44. The number of benzene rings is 1. The first kappa shape index (κ1) is 11.3. The van der Waals surface area contributed by atoms with E-state index in [1.165, 1.54) is 5.56 Å². The molecule has 0 bridgehead atoms. The van der Waals surface area contributed by atoms with Crippen molar-refractivity contribution in [2.75, 3.05) is 13.3 Å². The van der Waals surface area contributed by atoms with Crippen LogP contribution in [0.25, 0.3) is 0 Å². The van der Waals surface area contributed by atoms with Gasteiger partial charge in [0, 0.05) is 0 Å². The molecular weight excluding hydrogens is 202 g/mol. The van der Waals surface area contributed by atoms with Crippen LogP contribution in [0.4, 0.5) is 0 Å². The SMILES string of the molecule is CC(C)C(CN)Cc1ccc2c(c1)OCO2. The molecule has 1 unspecified atom stereocenters. The molecule has 0 spiro atoms. The van der Waals surface area contributed by atoms with E-state index in [1.54, 1.807) is 0 Å². The van der Waals surface area contributed by atoms with Crippen LogP contribution in [0.1, 0.15) is 19.4 Å². The fourth-order valence-electron chi connectivity index (χ4n) is 1.96. The van der Waals surface area contributed by atoms with Gasteiger partial charge in [0.15, 0.2) is 11.5 Å². The van der Waals surface area contributed by atoms with Crippen molar-refractivity contribution in [3.63, 3.8) is 0 Å². The number of fused-ring (bicyclic) bond motifs is 1. The second-order valence-electron chi connectivity index (χ2n) is 4.63. The van der Waals surface area contributed by atoms with Gasteiger partial charge in [-0.25, -0.2) is 0 Å². The Labute approximate surface area is 96.5 Å². The highest BCUT2D eigenvalue weighted by atomic mass is 16.7. The molecule has 0 radical (unpaired) electrons. The zero-order valence-electron chi connectivity index (χ0n) is 9.90. The van der Waals surface area contributed by atoms with Gasteiger partial charge in [0.1, 0.15) is 0 Å². The summed E-state index contributed by atoms with van der Waals surface area (Å²) in [5.41, 5.74) is 7.05. The second kappa shape index (κ2) is 4.74. The number of hydrogen-bond acceptors (Lipinski definition) is 3. The Bertz CT molecular complexity index is 363. The predicted molar refractivity (Wildman–Crippen MR) is 63.7 cm³/mol. The highest BCUT2D eigenvalue weighted by Gasteiger charge is 2.16. The molecule has 0 aliphatic carbocycles. The molecule has 88 valence electrons. The van der Waals surface area contributed by atoms with Crippen molar-refractivity contribution in [2.45, 2.75) is 20.3 Å². The molecule has 1 atom stereocenters. The van der Waals surface area contributed by atoms with Crippen LogP contribution in [-0.4, -0.2) is 13.3 Å². The monoisotopic (exact) mass is 221 g/mol. The third-order valence-corrected chi connectivity index (χ3v) is 3.18. The molecule has 3 heteroatoms. The lowest BCUT2D eigenvalue weighted by atomic mass is 9.89. The van der Waals surface area contributed by atoms with Crippen LogP contribution >= 0.6 is 0 Å². The van der Waals surface area contributed by atoms with Gasteiger partial charge in [-0.3, -0.25) is 0 Å². The van der Waals surface area contributed by atoms with E-state index < -0.39 is 0 Å². The molecule has 3 nitrogen and oxygen atoms in total. The van der Waals surface area contributed by atoms with E-state index in [1.807, 2.05) is 6.07 Å². The van der Waals surface area contributed by atoms with Gasteiger partial charge >= 0.3 is 0 Å². The summed E-state index contributed by atoms with van der Waals surface area (Å²) in [7, 11) is 0. The fourth-order valence-corrected chi connectivity index (χ4v) is 1.96. The predicted octanol–water partition coefficient (Wildman–Crippen LogP) is 2.19. The maximum absolute atomic E-state index is 5.78. The van der Waals surface area contributed by atoms with Gasteiger partial charge in [-0.1, -0.05) is 19.9 Å². The molecular formula is C13H19NO2. The molecule has 1 aliphatic heterocycles. The van der Waals surface area contributed by atoms with E-state index >= 15 is 0 Å². The van der Waals surface area contributed by atoms with Gasteiger partial charge in [-0.2, -0.15) is 0 Å². The topological polar surface area (TPSA) is 44.5 Å². The third-order valence-electron chi connectivity index (χ3n) is 3.18. The average Bonchev–Trinajstić information content (AvgIpc) is 2.72. The van der Waals surface area contributed by atoms with Crippen LogP contribution in [0, 0.1) is 11.8 Å². The Balaban J connectivity index is 2.10. The Morgan fingerprint density at radius 3 is 2.69 bits per heavy atom. The number of ether oxygens (including phenoxy) is 2. The molecule has 0 saturated heterocycles. The van der Waals surface area contributed by atoms with Crippen LogP contribution in [0.15, 0.2) is 18.2 Å². The summed E-state index contributed by atoms with van der Waals surface area (Å²) in [6.07, 6.45) is 1.00. The van der Waals surface area contributed by atoms with Gasteiger partial charge in [0.05, 0.1) is 0 Å². The van der Waals surface area contributed by atoms with Crippen LogP contribution in [0.2, 0.25) is 0 Å². The maximum atomic E-state index is 5.78. The quantitative estimate of drug-likeness (QED) is 0.847. The van der Waals surface area contributed by atoms with Crippen molar-refractivity contribution in [3.05, 3.63) is 23.8 Å². The third kappa shape index (κ3) is 2.30. The Hall–Kier alpha value is -1.22. The van der Waals surface area contributed by atoms with Crippen LogP contribution in [0.5, 0.6) is 11.5 Å². The number of hydrogen-bond donors (Lipinski definition) is 1. The Morgan fingerprint density at radius 2 is 2.00 bits per heavy atom. The number of rotatable bonds is 4. The van der Waals surface area contributed by atoms with Gasteiger partial charge < -0.3 is 15.2 Å². The van der Waals surface area contributed by atoms with Gasteiger partial charge in [-0.15, -0.1) is 0 Å². The lowest BCUT2D eigenvalue weighted by molar-refractivity contribution is 0.174. The molecule has 0 aromatic heterocycles. The molecule has 1 aliphatic rings. The summed E-state index contributed by atoms with van der Waals surface area (Å²) in [5.74, 6) is 2.84. The van der Waals surface area contributed by atoms with Crippen LogP contribution < -0.4 is 15.2 Å². The molecule has 2 rings (SSSR count). The van der Waals surface area contributed by atoms with Crippen molar-refractivity contribution >= 4 is 0 Å². The van der Waals surface area contributed by atoms with E-state index in [2.05, 4.69) is 26.0 Å². The van der Waals surface area contributed by atoms with Gasteiger partial charge in [0.25, 0.3) is 0 Å². The van der Waals surface area contributed by atoms with Crippen molar-refractivity contribution in [2.24, 2.45) is 17.6 Å². The standard InChI is InChI=1S/C13H19NO2/c1-9(2)11(7-14)5-10-3-4-12-13(6-10)16-8-15-12/h3-4,6,9,11H,5,7-8,14H2,1-2H3. The lowest BCUT2D eigenvalue weighted by Gasteiger charge is -2.18. The molecule has 16 heavy (non-hydrogen) atoms. The first-order valence-corrected chi connectivity index (χ1v) is 5.79. The second-order valence-corrected chi connectivity index (χ2v) is 4.63. The Morgan fingerprint density at radius 1 is 1.25 bits per heavy atom. The molecule has 0 amide bonds. The summed E-state index contributed by atoms with van der Waals surface area (Å²) in [4.78, 5) is 0. The minimum absolute atomic E-state index is 0.337. The van der Waals surface area contributed by atoms with Gasteiger partial charge in [-0.05, 0) is 42.5 Å². The summed E-state index contributed by atoms with van der Waals surface area (Å²) >= 11 is 0. The van der Waals surface area contributed by atoms with Crippen LogP contribution in [-0.2, 0) is 6.42 Å². The van der Waals surface area contributed by atoms with E-state index in [0.29, 0.717) is 18.6 Å². The van der Waals surface area contributed by atoms with Crippen molar-refractivity contribution in [1.82, 2.24) is 0 Å². The average molecular weight is 221 g/mol. The van der Waals surface area contributed by atoms with Crippen molar-refractivity contribution in [1.29, 1.82) is 0 Å². The summed E-state index contributed by atoms with van der Waals surface area (Å²) < 4.78 is 10.6. The van der Waals surface area contributed by atoms with E-state index in [9.17, 15) is 0 Å². The summed E-state index contributed by atoms with van der Waals surface area (Å²) in [5, 5.41) is 0. The minimum atomic E-state index is 0.337. The molecule has 1 aromatic rings. The minimum Gasteiger partial charge on any atom is -0.454 e. The van der Waals surface area contributed by atoms with Gasteiger partial charge in [0.2, 0.25) is 6.79 Å². The molecule has 0 saturated carbocycles. The van der Waals surface area contributed by atoms with Crippen LogP contribution in [0.3, 0.4) is 0 Å². The fraction of sp³-hybridized carbons (Fsp3) is 0.538. The maximum Gasteiger partial charge on any atom is 0.231 e. The molecule has 1 aromatic carbocycles. The molecule has 2 N–H and O–H groups in total. The first-order valence-electron chi connectivity index (χ1n) is 5.79. The van der Waals surface area contributed by atoms with Crippen molar-refractivity contribution < 1.29 is 9.47 Å². The smallest absolute Gasteiger partial charge is 0.231 e. The summed E-state index contributed by atoms with van der Waals surface area (Å²) in [6.45, 7) is 5.49. The van der Waals surface area contributed by atoms with Crippen molar-refractivity contribution in [3.8, 4) is 11.5 Å². The Kier molecular flexibility index (Phi) is 3.34. The summed E-state index contributed by atoms with van der Waals surface area (Å²) in [6, 6.07) is 6.14. The number of nitrogens with two attached hydrogens (primary N) is 1. The normalized spacial score (nSPS) is 15.5.